The van der Waals surface area contributed by atoms with E-state index in [1.54, 1.807) is 0 Å². The molecule has 0 aliphatic carbocycles. The van der Waals surface area contributed by atoms with Gasteiger partial charge in [-0.2, -0.15) is 13.2 Å². The van der Waals surface area contributed by atoms with Crippen molar-refractivity contribution in [3.05, 3.63) is 23.8 Å². The Morgan fingerprint density at radius 3 is 2.45 bits per heavy atom. The lowest BCUT2D eigenvalue weighted by molar-refractivity contribution is -0.135. The average Bonchev–Trinajstić information content (AvgIpc) is 2.29. The Labute approximate surface area is 119 Å². The minimum absolute atomic E-state index is 0.0232. The lowest BCUT2D eigenvalue weighted by Gasteiger charge is -2.20. The number of rotatable bonds is 6. The second-order valence-corrected chi connectivity index (χ2v) is 5.45. The number of halogens is 3. The molecule has 1 unspecified atom stereocenters. The summed E-state index contributed by atoms with van der Waals surface area (Å²) in [5, 5.41) is 3.26. The van der Waals surface area contributed by atoms with E-state index >= 15 is 0 Å². The molecule has 0 saturated carbocycles. The Balaban J connectivity index is 2.54. The maximum atomic E-state index is 12.1. The van der Waals surface area contributed by atoms with Gasteiger partial charge in [0.15, 0.2) is 0 Å². The Kier molecular flexibility index (Phi) is 5.72. The molecular formula is C15H23F3N2. The van der Waals surface area contributed by atoms with Crippen LogP contribution in [0.3, 0.4) is 0 Å². The SMILES string of the molecule is Cc1ccc(NC(C)CCCC(F)(F)F)cc1N(C)C. The molecular weight excluding hydrogens is 265 g/mol. The number of anilines is 2. The van der Waals surface area contributed by atoms with Gasteiger partial charge in [-0.05, 0) is 44.4 Å². The lowest BCUT2D eigenvalue weighted by atomic mass is 10.1. The molecule has 0 aromatic heterocycles. The highest BCUT2D eigenvalue weighted by Crippen LogP contribution is 2.25. The van der Waals surface area contributed by atoms with Gasteiger partial charge in [0, 0.05) is 37.9 Å². The molecule has 20 heavy (non-hydrogen) atoms. The zero-order valence-electron chi connectivity index (χ0n) is 12.5. The summed E-state index contributed by atoms with van der Waals surface area (Å²) in [6, 6.07) is 6.02. The first-order chi connectivity index (χ1) is 9.19. The Morgan fingerprint density at radius 1 is 1.25 bits per heavy atom. The Morgan fingerprint density at radius 2 is 1.90 bits per heavy atom. The second kappa shape index (κ2) is 6.86. The van der Waals surface area contributed by atoms with Gasteiger partial charge < -0.3 is 10.2 Å². The summed E-state index contributed by atoms with van der Waals surface area (Å²) in [4.78, 5) is 2.02. The van der Waals surface area contributed by atoms with Crippen LogP contribution in [0.15, 0.2) is 18.2 Å². The van der Waals surface area contributed by atoms with Gasteiger partial charge in [0.05, 0.1) is 0 Å². The number of alkyl halides is 3. The van der Waals surface area contributed by atoms with Crippen molar-refractivity contribution in [1.82, 2.24) is 0 Å². The van der Waals surface area contributed by atoms with E-state index in [0.717, 1.165) is 11.4 Å². The molecule has 2 nitrogen and oxygen atoms in total. The van der Waals surface area contributed by atoms with Gasteiger partial charge >= 0.3 is 6.18 Å². The molecule has 0 radical (unpaired) electrons. The van der Waals surface area contributed by atoms with Gasteiger partial charge in [0.1, 0.15) is 0 Å². The van der Waals surface area contributed by atoms with Gasteiger partial charge in [-0.25, -0.2) is 0 Å². The lowest BCUT2D eigenvalue weighted by Crippen LogP contribution is -2.17. The number of hydrogen-bond acceptors (Lipinski definition) is 2. The van der Waals surface area contributed by atoms with E-state index in [0.29, 0.717) is 6.42 Å². The van der Waals surface area contributed by atoms with Crippen LogP contribution >= 0.6 is 0 Å². The first-order valence-corrected chi connectivity index (χ1v) is 6.80. The van der Waals surface area contributed by atoms with Gasteiger partial charge in [0.25, 0.3) is 0 Å². The highest BCUT2D eigenvalue weighted by atomic mass is 19.4. The van der Waals surface area contributed by atoms with Crippen molar-refractivity contribution in [2.24, 2.45) is 0 Å². The summed E-state index contributed by atoms with van der Waals surface area (Å²) >= 11 is 0. The monoisotopic (exact) mass is 288 g/mol. The molecule has 0 heterocycles. The zero-order chi connectivity index (χ0) is 15.3. The van der Waals surface area contributed by atoms with Crippen molar-refractivity contribution in [3.63, 3.8) is 0 Å². The third kappa shape index (κ3) is 5.72. The smallest absolute Gasteiger partial charge is 0.383 e. The first kappa shape index (κ1) is 16.7. The minimum atomic E-state index is -4.05. The highest BCUT2D eigenvalue weighted by molar-refractivity contribution is 5.62. The van der Waals surface area contributed by atoms with Crippen LogP contribution in [-0.4, -0.2) is 26.3 Å². The van der Waals surface area contributed by atoms with Crippen molar-refractivity contribution in [3.8, 4) is 0 Å². The third-order valence-corrected chi connectivity index (χ3v) is 3.20. The maximum absolute atomic E-state index is 12.1. The van der Waals surface area contributed by atoms with Gasteiger partial charge in [-0.1, -0.05) is 6.07 Å². The van der Waals surface area contributed by atoms with Crippen molar-refractivity contribution in [2.45, 2.75) is 45.3 Å². The third-order valence-electron chi connectivity index (χ3n) is 3.20. The van der Waals surface area contributed by atoms with Gasteiger partial charge in [-0.15, -0.1) is 0 Å². The van der Waals surface area contributed by atoms with E-state index in [9.17, 15) is 13.2 Å². The highest BCUT2D eigenvalue weighted by Gasteiger charge is 2.26. The van der Waals surface area contributed by atoms with Crippen LogP contribution in [0.25, 0.3) is 0 Å². The standard InChI is InChI=1S/C15H23F3N2/c1-11-7-8-13(10-14(11)20(3)4)19-12(2)6-5-9-15(16,17)18/h7-8,10,12,19H,5-6,9H2,1-4H3. The van der Waals surface area contributed by atoms with E-state index in [2.05, 4.69) is 5.32 Å². The topological polar surface area (TPSA) is 15.3 Å². The summed E-state index contributed by atoms with van der Waals surface area (Å²) in [6.07, 6.45) is -4.10. The summed E-state index contributed by atoms with van der Waals surface area (Å²) < 4.78 is 36.3. The Hall–Kier alpha value is -1.39. The minimum Gasteiger partial charge on any atom is -0.383 e. The van der Waals surface area contributed by atoms with Crippen LogP contribution in [0.2, 0.25) is 0 Å². The molecule has 0 spiro atoms. The predicted molar refractivity (Wildman–Crippen MR) is 78.5 cm³/mol. The van der Waals surface area contributed by atoms with Crippen molar-refractivity contribution < 1.29 is 13.2 Å². The van der Waals surface area contributed by atoms with Crippen molar-refractivity contribution in [2.75, 3.05) is 24.3 Å². The Bertz CT molecular complexity index is 428. The molecule has 0 saturated heterocycles. The largest absolute Gasteiger partial charge is 0.389 e. The number of aryl methyl sites for hydroxylation is 1. The van der Waals surface area contributed by atoms with E-state index in [-0.39, 0.29) is 12.5 Å². The summed E-state index contributed by atoms with van der Waals surface area (Å²) in [5.41, 5.74) is 3.22. The van der Waals surface area contributed by atoms with Gasteiger partial charge in [0.2, 0.25) is 0 Å². The number of nitrogens with one attached hydrogen (secondary N) is 1. The normalized spacial score (nSPS) is 13.2. The maximum Gasteiger partial charge on any atom is 0.389 e. The molecule has 114 valence electrons. The summed E-state index contributed by atoms with van der Waals surface area (Å²) in [5.74, 6) is 0. The molecule has 0 aliphatic heterocycles. The molecule has 0 fully saturated rings. The molecule has 1 N–H and O–H groups in total. The van der Waals surface area contributed by atoms with Gasteiger partial charge in [-0.3, -0.25) is 0 Å². The fourth-order valence-electron chi connectivity index (χ4n) is 2.15. The summed E-state index contributed by atoms with van der Waals surface area (Å²) in [7, 11) is 3.94. The predicted octanol–water partition coefficient (Wildman–Crippen LogP) is 4.59. The molecule has 5 heteroatoms. The van der Waals surface area contributed by atoms with Crippen molar-refractivity contribution in [1.29, 1.82) is 0 Å². The fourth-order valence-corrected chi connectivity index (χ4v) is 2.15. The van der Waals surface area contributed by atoms with Crippen LogP contribution in [0, 0.1) is 6.92 Å². The van der Waals surface area contributed by atoms with Crippen molar-refractivity contribution >= 4 is 11.4 Å². The van der Waals surface area contributed by atoms with Crippen LogP contribution in [0.4, 0.5) is 24.5 Å². The number of nitrogens with zero attached hydrogens (tertiary/aromatic N) is 1. The average molecular weight is 288 g/mol. The van der Waals surface area contributed by atoms with E-state index < -0.39 is 12.6 Å². The molecule has 0 bridgehead atoms. The quantitative estimate of drug-likeness (QED) is 0.823. The van der Waals surface area contributed by atoms with Crippen LogP contribution in [0.1, 0.15) is 31.7 Å². The molecule has 1 aromatic carbocycles. The summed E-state index contributed by atoms with van der Waals surface area (Å²) in [6.45, 7) is 3.94. The zero-order valence-corrected chi connectivity index (χ0v) is 12.5. The molecule has 1 rings (SSSR count). The van der Waals surface area contributed by atoms with Crippen LogP contribution in [-0.2, 0) is 0 Å². The van der Waals surface area contributed by atoms with Crippen LogP contribution < -0.4 is 10.2 Å². The first-order valence-electron chi connectivity index (χ1n) is 6.80. The molecule has 1 atom stereocenters. The molecule has 0 aliphatic rings. The molecule has 1 aromatic rings. The number of benzene rings is 1. The molecule has 0 amide bonds. The van der Waals surface area contributed by atoms with E-state index in [4.69, 9.17) is 0 Å². The second-order valence-electron chi connectivity index (χ2n) is 5.45. The van der Waals surface area contributed by atoms with E-state index in [1.807, 2.05) is 51.0 Å². The van der Waals surface area contributed by atoms with E-state index in [1.165, 1.54) is 5.56 Å². The number of hydrogen-bond donors (Lipinski definition) is 1. The van der Waals surface area contributed by atoms with Crippen LogP contribution in [0.5, 0.6) is 0 Å². The fraction of sp³-hybridized carbons (Fsp3) is 0.600.